The first-order valence-electron chi connectivity index (χ1n) is 6.02. The van der Waals surface area contributed by atoms with Crippen LogP contribution in [0, 0.1) is 5.92 Å². The van der Waals surface area contributed by atoms with Crippen molar-refractivity contribution in [1.82, 2.24) is 15.2 Å². The smallest absolute Gasteiger partial charge is 0.0834 e. The molecule has 7 heteroatoms. The lowest BCUT2D eigenvalue weighted by atomic mass is 9.97. The van der Waals surface area contributed by atoms with Crippen molar-refractivity contribution in [2.45, 2.75) is 19.0 Å². The molecule has 0 amide bonds. The van der Waals surface area contributed by atoms with Crippen molar-refractivity contribution in [3.05, 3.63) is 16.9 Å². The molecule has 0 saturated carbocycles. The van der Waals surface area contributed by atoms with Crippen molar-refractivity contribution >= 4 is 23.4 Å². The molecule has 2 atom stereocenters. The van der Waals surface area contributed by atoms with Gasteiger partial charge in [0.05, 0.1) is 36.1 Å². The van der Waals surface area contributed by atoms with Crippen LogP contribution in [0.1, 0.15) is 18.2 Å². The van der Waals surface area contributed by atoms with Crippen LogP contribution in [0.5, 0.6) is 0 Å². The third-order valence-electron chi connectivity index (χ3n) is 3.25. The monoisotopic (exact) mass is 290 g/mol. The molecular formula is C11H19ClN4OS. The number of nitrogens with one attached hydrogen (secondary N) is 1. The Balaban J connectivity index is 2.20. The fourth-order valence-corrected chi connectivity index (χ4v) is 3.85. The second-order valence-corrected chi connectivity index (χ2v) is 5.92. The number of halogens is 1. The van der Waals surface area contributed by atoms with Crippen LogP contribution in [0.4, 0.5) is 0 Å². The van der Waals surface area contributed by atoms with E-state index in [9.17, 15) is 0 Å². The Morgan fingerprint density at radius 2 is 2.61 bits per heavy atom. The Morgan fingerprint density at radius 1 is 1.78 bits per heavy atom. The van der Waals surface area contributed by atoms with Crippen molar-refractivity contribution in [3.8, 4) is 0 Å². The Hall–Kier alpha value is -0.270. The average molecular weight is 291 g/mol. The zero-order valence-corrected chi connectivity index (χ0v) is 12.0. The lowest BCUT2D eigenvalue weighted by Crippen LogP contribution is -2.35. The molecule has 1 aromatic rings. The number of aromatic nitrogens is 2. The number of hydrazine groups is 1. The van der Waals surface area contributed by atoms with Gasteiger partial charge in [-0.3, -0.25) is 16.0 Å². The number of hydrogen-bond donors (Lipinski definition) is 2. The van der Waals surface area contributed by atoms with E-state index in [1.807, 2.05) is 16.4 Å². The van der Waals surface area contributed by atoms with Gasteiger partial charge in [-0.25, -0.2) is 0 Å². The Kier molecular flexibility index (Phi) is 5.32. The highest BCUT2D eigenvalue weighted by atomic mass is 35.5. The van der Waals surface area contributed by atoms with Gasteiger partial charge in [0.15, 0.2) is 0 Å². The number of nitrogens with two attached hydrogens (primary N) is 1. The molecule has 102 valence electrons. The van der Waals surface area contributed by atoms with Crippen LogP contribution in [0.2, 0.25) is 5.02 Å². The first-order chi connectivity index (χ1) is 8.77. The van der Waals surface area contributed by atoms with Crippen LogP contribution in [0.15, 0.2) is 6.20 Å². The van der Waals surface area contributed by atoms with Crippen LogP contribution >= 0.6 is 23.4 Å². The molecular weight excluding hydrogens is 272 g/mol. The van der Waals surface area contributed by atoms with Crippen molar-refractivity contribution in [2.24, 2.45) is 11.8 Å². The van der Waals surface area contributed by atoms with Gasteiger partial charge in [-0.15, -0.1) is 0 Å². The van der Waals surface area contributed by atoms with Gasteiger partial charge in [-0.05, 0) is 23.8 Å². The minimum Gasteiger partial charge on any atom is -0.383 e. The fraction of sp³-hybridized carbons (Fsp3) is 0.727. The average Bonchev–Trinajstić information content (AvgIpc) is 3.00. The third kappa shape index (κ3) is 3.00. The quantitative estimate of drug-likeness (QED) is 0.613. The molecule has 2 rings (SSSR count). The molecule has 0 aliphatic carbocycles. The van der Waals surface area contributed by atoms with Gasteiger partial charge in [0.2, 0.25) is 0 Å². The molecule has 0 aromatic carbocycles. The molecule has 0 spiro atoms. The number of thioether (sulfide) groups is 1. The van der Waals surface area contributed by atoms with Gasteiger partial charge in [-0.2, -0.15) is 16.9 Å². The Bertz CT molecular complexity index is 381. The Morgan fingerprint density at radius 3 is 3.22 bits per heavy atom. The molecule has 0 radical (unpaired) electrons. The minimum absolute atomic E-state index is 0.0619. The van der Waals surface area contributed by atoms with Crippen LogP contribution in [-0.2, 0) is 11.3 Å². The molecule has 5 nitrogen and oxygen atoms in total. The first-order valence-corrected chi connectivity index (χ1v) is 7.55. The summed E-state index contributed by atoms with van der Waals surface area (Å²) in [7, 11) is 1.68. The zero-order chi connectivity index (χ0) is 13.0. The lowest BCUT2D eigenvalue weighted by Gasteiger charge is -2.23. The topological polar surface area (TPSA) is 65.1 Å². The van der Waals surface area contributed by atoms with Crippen molar-refractivity contribution in [1.29, 1.82) is 0 Å². The summed E-state index contributed by atoms with van der Waals surface area (Å²) in [6, 6.07) is 0.0619. The molecule has 1 aliphatic heterocycles. The van der Waals surface area contributed by atoms with Gasteiger partial charge < -0.3 is 4.74 Å². The normalized spacial score (nSPS) is 21.4. The van der Waals surface area contributed by atoms with E-state index >= 15 is 0 Å². The molecule has 3 N–H and O–H groups in total. The maximum absolute atomic E-state index is 6.25. The minimum atomic E-state index is 0.0619. The SMILES string of the molecule is COCCn1ncc(Cl)c1C(NN)C1CCSC1. The lowest BCUT2D eigenvalue weighted by molar-refractivity contribution is 0.180. The summed E-state index contributed by atoms with van der Waals surface area (Å²) in [5.74, 6) is 8.53. The molecule has 18 heavy (non-hydrogen) atoms. The van der Waals surface area contributed by atoms with Crippen molar-refractivity contribution < 1.29 is 4.74 Å². The molecule has 1 aliphatic rings. The highest BCUT2D eigenvalue weighted by Gasteiger charge is 2.30. The van der Waals surface area contributed by atoms with Gasteiger partial charge >= 0.3 is 0 Å². The van der Waals surface area contributed by atoms with E-state index in [0.29, 0.717) is 24.1 Å². The summed E-state index contributed by atoms with van der Waals surface area (Å²) in [6.07, 6.45) is 2.84. The molecule has 1 aromatic heterocycles. The van der Waals surface area contributed by atoms with E-state index in [0.717, 1.165) is 17.9 Å². The van der Waals surface area contributed by atoms with E-state index < -0.39 is 0 Å². The predicted octanol–water partition coefficient (Wildman–Crippen LogP) is 1.44. The zero-order valence-electron chi connectivity index (χ0n) is 10.4. The molecule has 2 heterocycles. The first kappa shape index (κ1) is 14.1. The summed E-state index contributed by atoms with van der Waals surface area (Å²) in [5.41, 5.74) is 3.88. The van der Waals surface area contributed by atoms with Gasteiger partial charge in [0.25, 0.3) is 0 Å². The third-order valence-corrected chi connectivity index (χ3v) is 4.73. The largest absolute Gasteiger partial charge is 0.383 e. The molecule has 1 fully saturated rings. The molecule has 1 saturated heterocycles. The second kappa shape index (κ2) is 6.77. The van der Waals surface area contributed by atoms with E-state index in [1.54, 1.807) is 13.3 Å². The van der Waals surface area contributed by atoms with E-state index in [1.165, 1.54) is 5.75 Å². The summed E-state index contributed by atoms with van der Waals surface area (Å²) >= 11 is 8.21. The summed E-state index contributed by atoms with van der Waals surface area (Å²) in [5, 5.41) is 4.97. The van der Waals surface area contributed by atoms with Gasteiger partial charge in [0.1, 0.15) is 0 Å². The van der Waals surface area contributed by atoms with Crippen molar-refractivity contribution in [2.75, 3.05) is 25.2 Å². The number of ether oxygens (including phenoxy) is 1. The van der Waals surface area contributed by atoms with Gasteiger partial charge in [0, 0.05) is 7.11 Å². The van der Waals surface area contributed by atoms with Gasteiger partial charge in [-0.1, -0.05) is 11.6 Å². The van der Waals surface area contributed by atoms with E-state index in [2.05, 4.69) is 10.5 Å². The summed E-state index contributed by atoms with van der Waals surface area (Å²) < 4.78 is 6.98. The number of rotatable bonds is 6. The van der Waals surface area contributed by atoms with E-state index in [-0.39, 0.29) is 6.04 Å². The predicted molar refractivity (Wildman–Crippen MR) is 74.6 cm³/mol. The Labute approximate surface area is 116 Å². The summed E-state index contributed by atoms with van der Waals surface area (Å²) in [6.45, 7) is 1.30. The standard InChI is InChI=1S/C11H19ClN4OS/c1-17-4-3-16-11(9(12)6-14-16)10(15-13)8-2-5-18-7-8/h6,8,10,15H,2-5,7,13H2,1H3. The van der Waals surface area contributed by atoms with Crippen LogP contribution in [0.25, 0.3) is 0 Å². The highest BCUT2D eigenvalue weighted by Crippen LogP contribution is 2.36. The maximum Gasteiger partial charge on any atom is 0.0834 e. The maximum atomic E-state index is 6.25. The fourth-order valence-electron chi connectivity index (χ4n) is 2.29. The van der Waals surface area contributed by atoms with E-state index in [4.69, 9.17) is 22.2 Å². The number of nitrogens with zero attached hydrogens (tertiary/aromatic N) is 2. The summed E-state index contributed by atoms with van der Waals surface area (Å²) in [4.78, 5) is 0. The highest BCUT2D eigenvalue weighted by molar-refractivity contribution is 7.99. The van der Waals surface area contributed by atoms with Crippen LogP contribution in [-0.4, -0.2) is 35.0 Å². The number of hydrogen-bond acceptors (Lipinski definition) is 5. The molecule has 2 unspecified atom stereocenters. The van der Waals surface area contributed by atoms with Crippen molar-refractivity contribution in [3.63, 3.8) is 0 Å². The van der Waals surface area contributed by atoms with Crippen LogP contribution < -0.4 is 11.3 Å². The van der Waals surface area contributed by atoms with Crippen LogP contribution in [0.3, 0.4) is 0 Å². The second-order valence-electron chi connectivity index (χ2n) is 4.36. The molecule has 0 bridgehead atoms. The number of methoxy groups -OCH3 is 1.